The summed E-state index contributed by atoms with van der Waals surface area (Å²) >= 11 is 0. The summed E-state index contributed by atoms with van der Waals surface area (Å²) in [5, 5.41) is 22.6. The second kappa shape index (κ2) is 45.8. The SMILES string of the molecule is CCCCC/C=C\C/C=C\CCCC(CCCCCCCC(=O)NCC(=O)NC(CO)C(=O)O)OC(=O)CCCCCCCCCCCCCCCCCCCCCCC. The summed E-state index contributed by atoms with van der Waals surface area (Å²) in [5.41, 5.74) is 0. The number of carboxylic acids is 1. The van der Waals surface area contributed by atoms with Crippen LogP contribution in [0.4, 0.5) is 0 Å². The summed E-state index contributed by atoms with van der Waals surface area (Å²) in [6, 6.07) is -1.38. The number of allylic oxidation sites excluding steroid dienone is 4. The van der Waals surface area contributed by atoms with Crippen molar-refractivity contribution < 1.29 is 34.1 Å². The number of hydrogen-bond donors (Lipinski definition) is 4. The number of ether oxygens (including phenoxy) is 1. The van der Waals surface area contributed by atoms with Gasteiger partial charge in [-0.1, -0.05) is 199 Å². The number of unbranched alkanes of at least 4 members (excludes halogenated alkanes) is 28. The van der Waals surface area contributed by atoms with Gasteiger partial charge in [0.1, 0.15) is 12.1 Å². The first-order valence-corrected chi connectivity index (χ1v) is 25.2. The standard InChI is InChI=1S/C51H94N2O7/c1-3-5-7-9-11-13-15-16-17-18-19-20-21-22-23-24-26-28-30-35-39-43-50(57)60-46(40-36-32-29-27-25-14-12-10-8-6-4-2)41-37-33-31-34-38-42-48(55)52-44-49(56)53-47(45-54)51(58)59/h12,14,27,29,46-47,54H,3-11,13,15-26,28,30-45H2,1-2H3,(H,52,55)(H,53,56)(H,58,59)/b14-12-,29-27-. The third-order valence-corrected chi connectivity index (χ3v) is 11.5. The molecule has 0 radical (unpaired) electrons. The van der Waals surface area contributed by atoms with E-state index in [0.717, 1.165) is 77.0 Å². The normalized spacial score (nSPS) is 12.6. The van der Waals surface area contributed by atoms with Crippen LogP contribution in [-0.4, -0.2) is 59.3 Å². The zero-order chi connectivity index (χ0) is 44.0. The van der Waals surface area contributed by atoms with Crippen molar-refractivity contribution in [2.45, 2.75) is 264 Å². The Morgan fingerprint density at radius 3 is 1.40 bits per heavy atom. The topological polar surface area (TPSA) is 142 Å². The monoisotopic (exact) mass is 847 g/mol. The maximum atomic E-state index is 12.8. The van der Waals surface area contributed by atoms with Crippen LogP contribution >= 0.6 is 0 Å². The highest BCUT2D eigenvalue weighted by atomic mass is 16.5. The van der Waals surface area contributed by atoms with E-state index in [9.17, 15) is 19.2 Å². The maximum absolute atomic E-state index is 12.8. The lowest BCUT2D eigenvalue weighted by Gasteiger charge is -2.18. The van der Waals surface area contributed by atoms with Gasteiger partial charge in [-0.05, 0) is 64.2 Å². The van der Waals surface area contributed by atoms with E-state index in [1.54, 1.807) is 0 Å². The summed E-state index contributed by atoms with van der Waals surface area (Å²) < 4.78 is 6.03. The Balaban J connectivity index is 4.19. The minimum atomic E-state index is -1.38. The molecule has 4 N–H and O–H groups in total. The Labute approximate surface area is 368 Å². The van der Waals surface area contributed by atoms with Crippen LogP contribution in [0.3, 0.4) is 0 Å². The molecule has 2 amide bonds. The van der Waals surface area contributed by atoms with E-state index in [4.69, 9.17) is 14.9 Å². The predicted octanol–water partition coefficient (Wildman–Crippen LogP) is 13.2. The van der Waals surface area contributed by atoms with E-state index in [1.165, 1.54) is 141 Å². The predicted molar refractivity (Wildman–Crippen MR) is 250 cm³/mol. The van der Waals surface area contributed by atoms with Crippen LogP contribution in [0.25, 0.3) is 0 Å². The average Bonchev–Trinajstić information content (AvgIpc) is 3.23. The van der Waals surface area contributed by atoms with E-state index in [1.807, 2.05) is 0 Å². The second-order valence-corrected chi connectivity index (χ2v) is 17.3. The van der Waals surface area contributed by atoms with E-state index in [0.29, 0.717) is 12.8 Å². The highest BCUT2D eigenvalue weighted by molar-refractivity contribution is 5.87. The lowest BCUT2D eigenvalue weighted by molar-refractivity contribution is -0.150. The first-order valence-electron chi connectivity index (χ1n) is 25.2. The van der Waals surface area contributed by atoms with Crippen LogP contribution in [-0.2, 0) is 23.9 Å². The largest absolute Gasteiger partial charge is 0.480 e. The zero-order valence-electron chi connectivity index (χ0n) is 39.0. The lowest BCUT2D eigenvalue weighted by atomic mass is 10.0. The number of carbonyl (C=O) groups is 4. The van der Waals surface area contributed by atoms with Crippen molar-refractivity contribution in [3.63, 3.8) is 0 Å². The molecule has 60 heavy (non-hydrogen) atoms. The molecular formula is C51H94N2O7. The number of aliphatic hydroxyl groups excluding tert-OH is 1. The van der Waals surface area contributed by atoms with Crippen LogP contribution in [0.2, 0.25) is 0 Å². The number of aliphatic hydroxyl groups is 1. The van der Waals surface area contributed by atoms with Gasteiger partial charge < -0.3 is 25.6 Å². The molecule has 0 aliphatic carbocycles. The van der Waals surface area contributed by atoms with Gasteiger partial charge in [0, 0.05) is 12.8 Å². The first kappa shape index (κ1) is 57.3. The molecule has 0 saturated heterocycles. The van der Waals surface area contributed by atoms with E-state index in [2.05, 4.69) is 48.8 Å². The highest BCUT2D eigenvalue weighted by Gasteiger charge is 2.19. The minimum Gasteiger partial charge on any atom is -0.480 e. The molecule has 0 spiro atoms. The molecule has 350 valence electrons. The molecule has 9 nitrogen and oxygen atoms in total. The number of hydrogen-bond acceptors (Lipinski definition) is 6. The maximum Gasteiger partial charge on any atom is 0.328 e. The van der Waals surface area contributed by atoms with Crippen molar-refractivity contribution in [3.05, 3.63) is 24.3 Å². The van der Waals surface area contributed by atoms with Gasteiger partial charge in [0.05, 0.1) is 13.2 Å². The van der Waals surface area contributed by atoms with Crippen LogP contribution in [0, 0.1) is 0 Å². The van der Waals surface area contributed by atoms with Gasteiger partial charge in [0.25, 0.3) is 0 Å². The van der Waals surface area contributed by atoms with E-state index < -0.39 is 24.5 Å². The zero-order valence-corrected chi connectivity index (χ0v) is 39.0. The number of carboxylic acid groups (broad SMARTS) is 1. The molecule has 0 aromatic rings. The van der Waals surface area contributed by atoms with Gasteiger partial charge in [0.2, 0.25) is 11.8 Å². The fourth-order valence-electron chi connectivity index (χ4n) is 7.58. The van der Waals surface area contributed by atoms with Crippen molar-refractivity contribution >= 4 is 23.8 Å². The second-order valence-electron chi connectivity index (χ2n) is 17.3. The Bertz CT molecular complexity index is 1060. The van der Waals surface area contributed by atoms with Crippen molar-refractivity contribution in [2.75, 3.05) is 13.2 Å². The van der Waals surface area contributed by atoms with Crippen molar-refractivity contribution in [1.82, 2.24) is 10.6 Å². The molecule has 0 aliphatic rings. The molecule has 0 heterocycles. The number of carbonyl (C=O) groups excluding carboxylic acids is 3. The lowest BCUT2D eigenvalue weighted by Crippen LogP contribution is -2.47. The molecule has 9 heteroatoms. The molecule has 0 fully saturated rings. The number of nitrogens with one attached hydrogen (secondary N) is 2. The number of amides is 2. The van der Waals surface area contributed by atoms with Crippen molar-refractivity contribution in [3.8, 4) is 0 Å². The molecule has 2 unspecified atom stereocenters. The quantitative estimate of drug-likeness (QED) is 0.0271. The Morgan fingerprint density at radius 1 is 0.500 bits per heavy atom. The van der Waals surface area contributed by atoms with Crippen molar-refractivity contribution in [1.29, 1.82) is 0 Å². The van der Waals surface area contributed by atoms with Crippen LogP contribution in [0.1, 0.15) is 251 Å². The van der Waals surface area contributed by atoms with Gasteiger partial charge in [-0.15, -0.1) is 0 Å². The molecule has 0 rings (SSSR count). The minimum absolute atomic E-state index is 0.0530. The fraction of sp³-hybridized carbons (Fsp3) is 0.843. The summed E-state index contributed by atoms with van der Waals surface area (Å²) in [6.07, 6.45) is 52.2. The van der Waals surface area contributed by atoms with E-state index in [-0.39, 0.29) is 30.9 Å². The Morgan fingerprint density at radius 2 is 0.917 bits per heavy atom. The third kappa shape index (κ3) is 42.0. The van der Waals surface area contributed by atoms with Crippen molar-refractivity contribution in [2.24, 2.45) is 0 Å². The number of rotatable bonds is 46. The van der Waals surface area contributed by atoms with Gasteiger partial charge in [-0.25, -0.2) is 4.79 Å². The Kier molecular flexibility index (Phi) is 43.8. The highest BCUT2D eigenvalue weighted by Crippen LogP contribution is 2.19. The fourth-order valence-corrected chi connectivity index (χ4v) is 7.58. The Hall–Kier alpha value is -2.68. The summed E-state index contributed by atoms with van der Waals surface area (Å²) in [7, 11) is 0. The summed E-state index contributed by atoms with van der Waals surface area (Å²) in [4.78, 5) is 47.7. The van der Waals surface area contributed by atoms with Gasteiger partial charge in [-0.3, -0.25) is 14.4 Å². The molecule has 0 saturated carbocycles. The first-order chi connectivity index (χ1) is 29.3. The van der Waals surface area contributed by atoms with Crippen LogP contribution in [0.5, 0.6) is 0 Å². The number of aliphatic carboxylic acids is 1. The molecule has 0 bridgehead atoms. The smallest absolute Gasteiger partial charge is 0.328 e. The van der Waals surface area contributed by atoms with E-state index >= 15 is 0 Å². The summed E-state index contributed by atoms with van der Waals surface area (Å²) in [6.45, 7) is 3.47. The third-order valence-electron chi connectivity index (χ3n) is 11.5. The molecule has 0 aromatic heterocycles. The molecular weight excluding hydrogens is 753 g/mol. The average molecular weight is 847 g/mol. The van der Waals surface area contributed by atoms with Gasteiger partial charge in [-0.2, -0.15) is 0 Å². The van der Waals surface area contributed by atoms with Gasteiger partial charge >= 0.3 is 11.9 Å². The summed E-state index contributed by atoms with van der Waals surface area (Å²) in [5.74, 6) is -2.31. The molecule has 0 aromatic carbocycles. The van der Waals surface area contributed by atoms with Crippen LogP contribution in [0.15, 0.2) is 24.3 Å². The molecule has 0 aliphatic heterocycles. The van der Waals surface area contributed by atoms with Gasteiger partial charge in [0.15, 0.2) is 0 Å². The van der Waals surface area contributed by atoms with Crippen LogP contribution < -0.4 is 10.6 Å². The molecule has 2 atom stereocenters. The number of esters is 1.